The van der Waals surface area contributed by atoms with E-state index in [0.717, 1.165) is 17.8 Å². The summed E-state index contributed by atoms with van der Waals surface area (Å²) in [5.74, 6) is 0.540. The lowest BCUT2D eigenvalue weighted by Gasteiger charge is -2.05. The number of rotatable bonds is 4. The number of H-pyrrole nitrogens is 1. The van der Waals surface area contributed by atoms with Crippen molar-refractivity contribution in [2.24, 2.45) is 0 Å². The molecule has 2 N–H and O–H groups in total. The largest absolute Gasteiger partial charge is 0.311 e. The Hall–Kier alpha value is -1.65. The van der Waals surface area contributed by atoms with Crippen LogP contribution in [-0.4, -0.2) is 16.5 Å². The Morgan fingerprint density at radius 3 is 2.94 bits per heavy atom. The van der Waals surface area contributed by atoms with Crippen LogP contribution in [0.1, 0.15) is 12.6 Å². The molecule has 0 aliphatic carbocycles. The molecule has 4 nitrogen and oxygen atoms in total. The highest BCUT2D eigenvalue weighted by atomic mass is 35.5. The van der Waals surface area contributed by atoms with E-state index in [2.05, 4.69) is 15.3 Å². The Labute approximate surface area is 110 Å². The lowest BCUT2D eigenvalue weighted by Crippen LogP contribution is -2.17. The minimum atomic E-state index is -0.159. The minimum Gasteiger partial charge on any atom is -0.311 e. The molecule has 0 amide bonds. The summed E-state index contributed by atoms with van der Waals surface area (Å²) in [5, 5.41) is 3.76. The van der Waals surface area contributed by atoms with Crippen molar-refractivity contribution in [1.29, 1.82) is 0 Å². The first kappa shape index (κ1) is 12.8. The second-order valence-electron chi connectivity index (χ2n) is 3.88. The molecule has 0 aliphatic rings. The Morgan fingerprint density at radius 2 is 2.22 bits per heavy atom. The molecule has 0 fully saturated rings. The molecule has 0 unspecified atom stereocenters. The summed E-state index contributed by atoms with van der Waals surface area (Å²) in [5.41, 5.74) is 1.36. The van der Waals surface area contributed by atoms with Crippen LogP contribution in [0, 0.1) is 0 Å². The van der Waals surface area contributed by atoms with Gasteiger partial charge in [0.1, 0.15) is 5.82 Å². The average molecular weight is 264 g/mol. The van der Waals surface area contributed by atoms with Crippen molar-refractivity contribution in [2.75, 3.05) is 6.54 Å². The van der Waals surface area contributed by atoms with Crippen LogP contribution in [0.3, 0.4) is 0 Å². The first-order chi connectivity index (χ1) is 8.69. The Balaban J connectivity index is 2.38. The van der Waals surface area contributed by atoms with Crippen molar-refractivity contribution >= 4 is 11.6 Å². The highest BCUT2D eigenvalue weighted by molar-refractivity contribution is 6.30. The number of aromatic nitrogens is 2. The summed E-state index contributed by atoms with van der Waals surface area (Å²) in [6, 6.07) is 8.75. The van der Waals surface area contributed by atoms with E-state index >= 15 is 0 Å². The van der Waals surface area contributed by atoms with Gasteiger partial charge in [-0.25, -0.2) is 4.98 Å². The first-order valence-corrected chi connectivity index (χ1v) is 6.13. The maximum Gasteiger partial charge on any atom is 0.251 e. The number of nitrogens with zero attached hydrogens (tertiary/aromatic N) is 1. The quantitative estimate of drug-likeness (QED) is 0.889. The van der Waals surface area contributed by atoms with Crippen LogP contribution in [0.5, 0.6) is 0 Å². The van der Waals surface area contributed by atoms with E-state index in [1.807, 2.05) is 19.1 Å². The van der Waals surface area contributed by atoms with Gasteiger partial charge in [-0.2, -0.15) is 0 Å². The molecular formula is C13H14ClN3O. The van der Waals surface area contributed by atoms with Gasteiger partial charge in [-0.05, 0) is 18.7 Å². The molecule has 1 aromatic carbocycles. The van der Waals surface area contributed by atoms with E-state index in [9.17, 15) is 4.79 Å². The lowest BCUT2D eigenvalue weighted by atomic mass is 10.2. The monoisotopic (exact) mass is 263 g/mol. The highest BCUT2D eigenvalue weighted by Gasteiger charge is 2.04. The normalized spacial score (nSPS) is 10.6. The second kappa shape index (κ2) is 5.80. The second-order valence-corrected chi connectivity index (χ2v) is 4.31. The third-order valence-corrected chi connectivity index (χ3v) is 2.68. The van der Waals surface area contributed by atoms with E-state index in [-0.39, 0.29) is 5.56 Å². The molecule has 5 heteroatoms. The number of hydrogen-bond acceptors (Lipinski definition) is 3. The maximum absolute atomic E-state index is 11.6. The van der Waals surface area contributed by atoms with Crippen molar-refractivity contribution in [3.8, 4) is 11.4 Å². The average Bonchev–Trinajstić information content (AvgIpc) is 2.36. The van der Waals surface area contributed by atoms with Gasteiger partial charge in [0.25, 0.3) is 5.56 Å². The summed E-state index contributed by atoms with van der Waals surface area (Å²) in [4.78, 5) is 18.7. The molecule has 0 saturated heterocycles. The van der Waals surface area contributed by atoms with E-state index in [0.29, 0.717) is 17.4 Å². The van der Waals surface area contributed by atoms with Crippen LogP contribution in [0.4, 0.5) is 0 Å². The predicted molar refractivity (Wildman–Crippen MR) is 72.7 cm³/mol. The standard InChI is InChI=1S/C13H14ClN3O/c1-2-15-8-11-7-12(18)17-13(16-11)9-4-3-5-10(14)6-9/h3-7,15H,2,8H2,1H3,(H,16,17,18). The molecular weight excluding hydrogens is 250 g/mol. The Morgan fingerprint density at radius 1 is 1.39 bits per heavy atom. The van der Waals surface area contributed by atoms with Gasteiger partial charge in [-0.15, -0.1) is 0 Å². The van der Waals surface area contributed by atoms with Gasteiger partial charge in [0.15, 0.2) is 0 Å². The molecule has 0 bridgehead atoms. The van der Waals surface area contributed by atoms with Crippen LogP contribution in [0.2, 0.25) is 5.02 Å². The van der Waals surface area contributed by atoms with Gasteiger partial charge in [0.2, 0.25) is 0 Å². The summed E-state index contributed by atoms with van der Waals surface area (Å²) < 4.78 is 0. The van der Waals surface area contributed by atoms with Crippen molar-refractivity contribution < 1.29 is 0 Å². The number of nitrogens with one attached hydrogen (secondary N) is 2. The predicted octanol–water partition coefficient (Wildman–Crippen LogP) is 2.20. The molecule has 2 rings (SSSR count). The molecule has 0 atom stereocenters. The van der Waals surface area contributed by atoms with Crippen LogP contribution >= 0.6 is 11.6 Å². The fourth-order valence-corrected chi connectivity index (χ4v) is 1.81. The van der Waals surface area contributed by atoms with Gasteiger partial charge in [0, 0.05) is 23.2 Å². The van der Waals surface area contributed by atoms with Gasteiger partial charge < -0.3 is 10.3 Å². The third-order valence-electron chi connectivity index (χ3n) is 2.45. The van der Waals surface area contributed by atoms with Crippen LogP contribution in [0.15, 0.2) is 35.1 Å². The summed E-state index contributed by atoms with van der Waals surface area (Å²) in [7, 11) is 0. The van der Waals surface area contributed by atoms with Crippen molar-refractivity contribution in [3.63, 3.8) is 0 Å². The SMILES string of the molecule is CCNCc1cc(=O)[nH]c(-c2cccc(Cl)c2)n1. The number of halogens is 1. The van der Waals surface area contributed by atoms with E-state index in [1.165, 1.54) is 6.07 Å². The lowest BCUT2D eigenvalue weighted by molar-refractivity contribution is 0.708. The van der Waals surface area contributed by atoms with Crippen molar-refractivity contribution in [1.82, 2.24) is 15.3 Å². The molecule has 18 heavy (non-hydrogen) atoms. The molecule has 94 valence electrons. The smallest absolute Gasteiger partial charge is 0.251 e. The zero-order valence-corrected chi connectivity index (χ0v) is 10.8. The summed E-state index contributed by atoms with van der Waals surface area (Å²) in [6.07, 6.45) is 0. The van der Waals surface area contributed by atoms with E-state index in [4.69, 9.17) is 11.6 Å². The van der Waals surface area contributed by atoms with E-state index in [1.54, 1.807) is 12.1 Å². The Kier molecular flexibility index (Phi) is 4.12. The van der Waals surface area contributed by atoms with E-state index < -0.39 is 0 Å². The van der Waals surface area contributed by atoms with Gasteiger partial charge >= 0.3 is 0 Å². The molecule has 1 aromatic heterocycles. The molecule has 0 radical (unpaired) electrons. The van der Waals surface area contributed by atoms with Crippen molar-refractivity contribution in [2.45, 2.75) is 13.5 Å². The fraction of sp³-hybridized carbons (Fsp3) is 0.231. The van der Waals surface area contributed by atoms with Gasteiger partial charge in [-0.3, -0.25) is 4.79 Å². The first-order valence-electron chi connectivity index (χ1n) is 5.76. The van der Waals surface area contributed by atoms with Crippen LogP contribution in [0.25, 0.3) is 11.4 Å². The zero-order valence-electron chi connectivity index (χ0n) is 10.0. The molecule has 0 aliphatic heterocycles. The topological polar surface area (TPSA) is 57.8 Å². The number of benzene rings is 1. The Bertz CT molecular complexity index is 595. The van der Waals surface area contributed by atoms with Crippen LogP contribution in [-0.2, 0) is 6.54 Å². The highest BCUT2D eigenvalue weighted by Crippen LogP contribution is 2.18. The summed E-state index contributed by atoms with van der Waals surface area (Å²) in [6.45, 7) is 3.42. The zero-order chi connectivity index (χ0) is 13.0. The van der Waals surface area contributed by atoms with Gasteiger partial charge in [-0.1, -0.05) is 30.7 Å². The summed E-state index contributed by atoms with van der Waals surface area (Å²) >= 11 is 5.93. The number of hydrogen-bond donors (Lipinski definition) is 2. The molecule has 1 heterocycles. The molecule has 0 saturated carbocycles. The minimum absolute atomic E-state index is 0.159. The third kappa shape index (κ3) is 3.18. The van der Waals surface area contributed by atoms with Crippen molar-refractivity contribution in [3.05, 3.63) is 51.4 Å². The van der Waals surface area contributed by atoms with Crippen LogP contribution < -0.4 is 10.9 Å². The molecule has 2 aromatic rings. The number of aromatic amines is 1. The van der Waals surface area contributed by atoms with Gasteiger partial charge in [0.05, 0.1) is 5.69 Å². The fourth-order valence-electron chi connectivity index (χ4n) is 1.62. The maximum atomic E-state index is 11.6. The molecule has 0 spiro atoms.